The van der Waals surface area contributed by atoms with E-state index in [2.05, 4.69) is 0 Å². The van der Waals surface area contributed by atoms with Crippen LogP contribution >= 0.6 is 0 Å². The fourth-order valence-corrected chi connectivity index (χ4v) is 4.29. The van der Waals surface area contributed by atoms with E-state index >= 15 is 0 Å². The lowest BCUT2D eigenvalue weighted by Crippen LogP contribution is -2.29. The van der Waals surface area contributed by atoms with Gasteiger partial charge in [-0.3, -0.25) is 14.5 Å². The van der Waals surface area contributed by atoms with Crippen LogP contribution in [0.15, 0.2) is 101 Å². The molecule has 1 aliphatic heterocycles. The Kier molecular flexibility index (Phi) is 6.12. The van der Waals surface area contributed by atoms with E-state index in [0.29, 0.717) is 17.9 Å². The zero-order valence-corrected chi connectivity index (χ0v) is 19.4. The summed E-state index contributed by atoms with van der Waals surface area (Å²) in [6.07, 6.45) is 1.41. The van der Waals surface area contributed by atoms with E-state index < -0.39 is 23.5 Å². The number of anilines is 1. The molecule has 0 saturated carbocycles. The van der Waals surface area contributed by atoms with Crippen molar-refractivity contribution < 1.29 is 28.2 Å². The summed E-state index contributed by atoms with van der Waals surface area (Å²) in [6, 6.07) is 22.2. The van der Waals surface area contributed by atoms with Gasteiger partial charge in [0.05, 0.1) is 11.8 Å². The number of ketones is 1. The SMILES string of the molecule is Cc1cc(/C(O)=C2/C(=O)C(=O)N(c3cccc(F)c3)C2c2ccco2)ccc1OCc1ccccc1. The van der Waals surface area contributed by atoms with Gasteiger partial charge in [0.2, 0.25) is 0 Å². The smallest absolute Gasteiger partial charge is 0.300 e. The Morgan fingerprint density at radius 2 is 1.81 bits per heavy atom. The molecule has 3 aromatic carbocycles. The predicted molar refractivity (Wildman–Crippen MR) is 132 cm³/mol. The molecule has 1 N–H and O–H groups in total. The average Bonchev–Trinajstić information content (AvgIpc) is 3.50. The molecule has 1 atom stereocenters. The molecule has 1 saturated heterocycles. The van der Waals surface area contributed by atoms with Crippen molar-refractivity contribution in [3.8, 4) is 5.75 Å². The Hall–Kier alpha value is -4.65. The van der Waals surface area contributed by atoms with E-state index in [1.54, 1.807) is 30.3 Å². The molecule has 180 valence electrons. The van der Waals surface area contributed by atoms with Crippen LogP contribution in [0.4, 0.5) is 10.1 Å². The molecular weight excluding hydrogens is 461 g/mol. The van der Waals surface area contributed by atoms with Gasteiger partial charge in [0, 0.05) is 11.3 Å². The minimum absolute atomic E-state index is 0.142. The highest BCUT2D eigenvalue weighted by Crippen LogP contribution is 2.42. The molecule has 2 heterocycles. The van der Waals surface area contributed by atoms with E-state index in [0.717, 1.165) is 22.1 Å². The van der Waals surface area contributed by atoms with Crippen LogP contribution in [-0.4, -0.2) is 16.8 Å². The van der Waals surface area contributed by atoms with E-state index in [1.807, 2.05) is 37.3 Å². The molecule has 1 amide bonds. The lowest BCUT2D eigenvalue weighted by molar-refractivity contribution is -0.132. The molecule has 1 fully saturated rings. The zero-order valence-electron chi connectivity index (χ0n) is 19.4. The second kappa shape index (κ2) is 9.54. The topological polar surface area (TPSA) is 80.0 Å². The van der Waals surface area contributed by atoms with E-state index in [1.165, 1.54) is 24.5 Å². The normalized spacial score (nSPS) is 16.9. The molecule has 1 aliphatic rings. The third kappa shape index (κ3) is 4.27. The first kappa shape index (κ1) is 23.1. The van der Waals surface area contributed by atoms with Gasteiger partial charge in [-0.05, 0) is 66.6 Å². The van der Waals surface area contributed by atoms with Crippen LogP contribution in [0, 0.1) is 12.7 Å². The molecule has 4 aromatic rings. The first-order valence-electron chi connectivity index (χ1n) is 11.3. The van der Waals surface area contributed by atoms with Crippen molar-refractivity contribution in [2.24, 2.45) is 0 Å². The molecule has 36 heavy (non-hydrogen) atoms. The highest BCUT2D eigenvalue weighted by atomic mass is 19.1. The summed E-state index contributed by atoms with van der Waals surface area (Å²) in [6.45, 7) is 2.21. The fourth-order valence-electron chi connectivity index (χ4n) is 4.29. The predicted octanol–water partition coefficient (Wildman–Crippen LogP) is 5.93. The number of hydrogen-bond acceptors (Lipinski definition) is 5. The van der Waals surface area contributed by atoms with Crippen molar-refractivity contribution in [2.75, 3.05) is 4.90 Å². The Labute approximate surface area is 206 Å². The minimum Gasteiger partial charge on any atom is -0.507 e. The van der Waals surface area contributed by atoms with Gasteiger partial charge >= 0.3 is 0 Å². The molecule has 0 bridgehead atoms. The van der Waals surface area contributed by atoms with Crippen LogP contribution < -0.4 is 9.64 Å². The Balaban J connectivity index is 1.53. The number of aliphatic hydroxyl groups excluding tert-OH is 1. The highest BCUT2D eigenvalue weighted by Gasteiger charge is 2.48. The van der Waals surface area contributed by atoms with Crippen LogP contribution in [0.2, 0.25) is 0 Å². The fraction of sp³-hybridized carbons (Fsp3) is 0.103. The highest BCUT2D eigenvalue weighted by molar-refractivity contribution is 6.51. The molecule has 5 rings (SSSR count). The number of halogens is 1. The van der Waals surface area contributed by atoms with Gasteiger partial charge in [-0.1, -0.05) is 36.4 Å². The largest absolute Gasteiger partial charge is 0.507 e. The first-order chi connectivity index (χ1) is 17.4. The van der Waals surface area contributed by atoms with Crippen LogP contribution in [0.1, 0.15) is 28.5 Å². The van der Waals surface area contributed by atoms with Gasteiger partial charge < -0.3 is 14.3 Å². The standard InChI is InChI=1S/C29H22FNO5/c1-18-15-20(12-13-23(18)36-17-19-7-3-2-4-8-19)27(32)25-26(24-11-6-14-35-24)31(29(34)28(25)33)22-10-5-9-21(30)16-22/h2-16,26,32H,17H2,1H3/b27-25-. The lowest BCUT2D eigenvalue weighted by Gasteiger charge is -2.23. The number of amides is 1. The third-order valence-electron chi connectivity index (χ3n) is 6.03. The van der Waals surface area contributed by atoms with Crippen LogP contribution in [0.25, 0.3) is 5.76 Å². The van der Waals surface area contributed by atoms with Crippen LogP contribution in [0.5, 0.6) is 5.75 Å². The maximum absolute atomic E-state index is 14.0. The van der Waals surface area contributed by atoms with E-state index in [4.69, 9.17) is 9.15 Å². The number of carbonyl (C=O) groups is 2. The van der Waals surface area contributed by atoms with E-state index in [-0.39, 0.29) is 22.8 Å². The number of rotatable bonds is 6. The first-order valence-corrected chi connectivity index (χ1v) is 11.3. The summed E-state index contributed by atoms with van der Waals surface area (Å²) in [5.74, 6) is -1.80. The summed E-state index contributed by atoms with van der Waals surface area (Å²) >= 11 is 0. The van der Waals surface area contributed by atoms with Crippen molar-refractivity contribution in [1.82, 2.24) is 0 Å². The summed E-state index contributed by atoms with van der Waals surface area (Å²) in [4.78, 5) is 27.3. The second-order valence-electron chi connectivity index (χ2n) is 8.42. The molecule has 0 aliphatic carbocycles. The number of Topliss-reactive ketones (excluding diaryl/α,β-unsaturated/α-hetero) is 1. The van der Waals surface area contributed by atoms with Crippen molar-refractivity contribution in [1.29, 1.82) is 0 Å². The number of ether oxygens (including phenoxy) is 1. The summed E-state index contributed by atoms with van der Waals surface area (Å²) in [7, 11) is 0. The number of benzene rings is 3. The number of aliphatic hydroxyl groups is 1. The number of furan rings is 1. The van der Waals surface area contributed by atoms with Crippen LogP contribution in [-0.2, 0) is 16.2 Å². The van der Waals surface area contributed by atoms with Crippen LogP contribution in [0.3, 0.4) is 0 Å². The Morgan fingerprint density at radius 1 is 1.00 bits per heavy atom. The molecule has 0 spiro atoms. The van der Waals surface area contributed by atoms with E-state index in [9.17, 15) is 19.1 Å². The summed E-state index contributed by atoms with van der Waals surface area (Å²) < 4.78 is 25.4. The molecule has 1 unspecified atom stereocenters. The van der Waals surface area contributed by atoms with Gasteiger partial charge in [0.25, 0.3) is 11.7 Å². The molecule has 7 heteroatoms. The molecule has 1 aromatic heterocycles. The van der Waals surface area contributed by atoms with Crippen molar-refractivity contribution >= 4 is 23.1 Å². The van der Waals surface area contributed by atoms with Crippen molar-refractivity contribution in [3.05, 3.63) is 125 Å². The number of carbonyl (C=O) groups excluding carboxylic acids is 2. The number of aryl methyl sites for hydroxylation is 1. The van der Waals surface area contributed by atoms with Gasteiger partial charge in [-0.15, -0.1) is 0 Å². The Bertz CT molecular complexity index is 1460. The molecular formula is C29H22FNO5. The van der Waals surface area contributed by atoms with Gasteiger partial charge in [-0.25, -0.2) is 4.39 Å². The summed E-state index contributed by atoms with van der Waals surface area (Å²) in [5.41, 5.74) is 2.13. The van der Waals surface area contributed by atoms with Crippen molar-refractivity contribution in [2.45, 2.75) is 19.6 Å². The monoisotopic (exact) mass is 483 g/mol. The minimum atomic E-state index is -1.06. The lowest BCUT2D eigenvalue weighted by atomic mass is 9.98. The van der Waals surface area contributed by atoms with Gasteiger partial charge in [0.15, 0.2) is 0 Å². The Morgan fingerprint density at radius 3 is 2.50 bits per heavy atom. The molecule has 6 nitrogen and oxygen atoms in total. The number of hydrogen-bond donors (Lipinski definition) is 1. The molecule has 0 radical (unpaired) electrons. The summed E-state index contributed by atoms with van der Waals surface area (Å²) in [5, 5.41) is 11.2. The quantitative estimate of drug-likeness (QED) is 0.209. The zero-order chi connectivity index (χ0) is 25.2. The number of nitrogens with zero attached hydrogens (tertiary/aromatic N) is 1. The van der Waals surface area contributed by atoms with Crippen molar-refractivity contribution in [3.63, 3.8) is 0 Å². The second-order valence-corrected chi connectivity index (χ2v) is 8.42. The third-order valence-corrected chi connectivity index (χ3v) is 6.03. The van der Waals surface area contributed by atoms with Gasteiger partial charge in [0.1, 0.15) is 35.7 Å². The average molecular weight is 483 g/mol. The van der Waals surface area contributed by atoms with Gasteiger partial charge in [-0.2, -0.15) is 0 Å². The maximum Gasteiger partial charge on any atom is 0.300 e. The maximum atomic E-state index is 14.0.